The Hall–Kier alpha value is 0.270. The van der Waals surface area contributed by atoms with Gasteiger partial charge in [0.2, 0.25) is 0 Å². The fourth-order valence-electron chi connectivity index (χ4n) is 3.21. The molecule has 2 nitrogen and oxygen atoms in total. The zero-order valence-corrected chi connectivity index (χ0v) is 12.8. The van der Waals surface area contributed by atoms with Crippen molar-refractivity contribution in [3.8, 4) is 0 Å². The van der Waals surface area contributed by atoms with Crippen molar-refractivity contribution in [2.24, 2.45) is 5.92 Å². The van der Waals surface area contributed by atoms with Crippen molar-refractivity contribution in [3.63, 3.8) is 0 Å². The standard InChI is InChI=1S/C15H29NOS/c1-12(2)16-15(10-17,13-8-9-13)11-18-14-6-4-3-5-7-14/h12-14,16-17H,3-11H2,1-2H3. The van der Waals surface area contributed by atoms with E-state index in [-0.39, 0.29) is 5.54 Å². The van der Waals surface area contributed by atoms with Crippen LogP contribution in [-0.4, -0.2) is 34.3 Å². The zero-order chi connectivity index (χ0) is 13.0. The highest BCUT2D eigenvalue weighted by Gasteiger charge is 2.45. The molecule has 0 aromatic rings. The first-order chi connectivity index (χ1) is 8.66. The van der Waals surface area contributed by atoms with E-state index >= 15 is 0 Å². The van der Waals surface area contributed by atoms with Gasteiger partial charge in [-0.05, 0) is 31.6 Å². The summed E-state index contributed by atoms with van der Waals surface area (Å²) < 4.78 is 0. The van der Waals surface area contributed by atoms with Gasteiger partial charge >= 0.3 is 0 Å². The smallest absolute Gasteiger partial charge is 0.0624 e. The van der Waals surface area contributed by atoms with Gasteiger partial charge in [-0.25, -0.2) is 0 Å². The Kier molecular flexibility index (Phi) is 5.40. The van der Waals surface area contributed by atoms with Crippen LogP contribution in [0.25, 0.3) is 0 Å². The molecule has 3 heteroatoms. The lowest BCUT2D eigenvalue weighted by atomic mass is 9.95. The lowest BCUT2D eigenvalue weighted by Crippen LogP contribution is -2.55. The van der Waals surface area contributed by atoms with Crippen molar-refractivity contribution in [3.05, 3.63) is 0 Å². The summed E-state index contributed by atoms with van der Waals surface area (Å²) in [6.45, 7) is 4.69. The molecule has 0 aliphatic heterocycles. The number of rotatable bonds is 7. The van der Waals surface area contributed by atoms with Gasteiger partial charge in [0, 0.05) is 17.0 Å². The quantitative estimate of drug-likeness (QED) is 0.746. The highest BCUT2D eigenvalue weighted by Crippen LogP contribution is 2.43. The summed E-state index contributed by atoms with van der Waals surface area (Å²) in [6.07, 6.45) is 9.61. The molecule has 2 rings (SSSR count). The Bertz CT molecular complexity index is 249. The molecule has 2 aliphatic carbocycles. The van der Waals surface area contributed by atoms with E-state index < -0.39 is 0 Å². The maximum Gasteiger partial charge on any atom is 0.0624 e. The van der Waals surface area contributed by atoms with E-state index in [2.05, 4.69) is 30.9 Å². The molecule has 0 bridgehead atoms. The topological polar surface area (TPSA) is 32.3 Å². The molecular formula is C15H29NOS. The fourth-order valence-corrected chi connectivity index (χ4v) is 4.82. The van der Waals surface area contributed by atoms with Crippen LogP contribution in [-0.2, 0) is 0 Å². The molecule has 0 aromatic heterocycles. The first-order valence-electron chi connectivity index (χ1n) is 7.66. The fraction of sp³-hybridized carbons (Fsp3) is 1.00. The number of aliphatic hydroxyl groups excluding tert-OH is 1. The Morgan fingerprint density at radius 2 is 1.83 bits per heavy atom. The van der Waals surface area contributed by atoms with Crippen molar-refractivity contribution in [1.29, 1.82) is 0 Å². The molecule has 0 radical (unpaired) electrons. The van der Waals surface area contributed by atoms with Gasteiger partial charge in [-0.1, -0.05) is 33.1 Å². The lowest BCUT2D eigenvalue weighted by Gasteiger charge is -2.37. The van der Waals surface area contributed by atoms with E-state index in [0.717, 1.165) is 11.0 Å². The van der Waals surface area contributed by atoms with Crippen LogP contribution >= 0.6 is 11.8 Å². The van der Waals surface area contributed by atoms with Crippen molar-refractivity contribution in [1.82, 2.24) is 5.32 Å². The molecule has 1 unspecified atom stereocenters. The van der Waals surface area contributed by atoms with Crippen LogP contribution in [0.1, 0.15) is 58.8 Å². The van der Waals surface area contributed by atoms with Crippen LogP contribution in [0.4, 0.5) is 0 Å². The predicted molar refractivity (Wildman–Crippen MR) is 80.1 cm³/mol. The lowest BCUT2D eigenvalue weighted by molar-refractivity contribution is 0.150. The largest absolute Gasteiger partial charge is 0.394 e. The third kappa shape index (κ3) is 3.88. The second-order valence-corrected chi connectivity index (χ2v) is 7.75. The van der Waals surface area contributed by atoms with E-state index in [9.17, 15) is 5.11 Å². The van der Waals surface area contributed by atoms with Gasteiger partial charge in [0.1, 0.15) is 0 Å². The first kappa shape index (κ1) is 14.7. The Labute approximate surface area is 116 Å². The van der Waals surface area contributed by atoms with Crippen LogP contribution in [0, 0.1) is 5.92 Å². The number of nitrogens with one attached hydrogen (secondary N) is 1. The summed E-state index contributed by atoms with van der Waals surface area (Å²) in [5, 5.41) is 14.4. The van der Waals surface area contributed by atoms with Gasteiger partial charge < -0.3 is 10.4 Å². The molecule has 2 aliphatic rings. The average Bonchev–Trinajstić information content (AvgIpc) is 3.20. The summed E-state index contributed by atoms with van der Waals surface area (Å²) in [5.41, 5.74) is -0.00369. The van der Waals surface area contributed by atoms with Crippen molar-refractivity contribution in [2.45, 2.75) is 75.6 Å². The van der Waals surface area contributed by atoms with Crippen LogP contribution in [0.2, 0.25) is 0 Å². The highest BCUT2D eigenvalue weighted by molar-refractivity contribution is 8.00. The molecule has 1 atom stereocenters. The third-order valence-corrected chi connectivity index (χ3v) is 5.97. The van der Waals surface area contributed by atoms with Crippen LogP contribution in [0.3, 0.4) is 0 Å². The SMILES string of the molecule is CC(C)NC(CO)(CSC1CCCCC1)C1CC1. The van der Waals surface area contributed by atoms with Crippen molar-refractivity contribution < 1.29 is 5.11 Å². The van der Waals surface area contributed by atoms with E-state index in [1.165, 1.54) is 44.9 Å². The van der Waals surface area contributed by atoms with Gasteiger partial charge in [-0.2, -0.15) is 11.8 Å². The van der Waals surface area contributed by atoms with E-state index in [0.29, 0.717) is 18.6 Å². The number of hydrogen-bond acceptors (Lipinski definition) is 3. The zero-order valence-electron chi connectivity index (χ0n) is 12.0. The molecule has 0 saturated heterocycles. The number of hydrogen-bond donors (Lipinski definition) is 2. The molecule has 2 fully saturated rings. The summed E-state index contributed by atoms with van der Waals surface area (Å²) in [5.74, 6) is 1.80. The van der Waals surface area contributed by atoms with Crippen molar-refractivity contribution in [2.75, 3.05) is 12.4 Å². The summed E-state index contributed by atoms with van der Waals surface area (Å²) in [7, 11) is 0. The Balaban J connectivity index is 1.87. The van der Waals surface area contributed by atoms with Gasteiger partial charge in [0.05, 0.1) is 12.1 Å². The molecule has 0 amide bonds. The summed E-state index contributed by atoms with van der Waals surface area (Å²) in [6, 6.07) is 0.463. The predicted octanol–water partition coefficient (Wildman–Crippen LogP) is 3.19. The van der Waals surface area contributed by atoms with E-state index in [1.54, 1.807) is 0 Å². The Morgan fingerprint density at radius 3 is 2.33 bits per heavy atom. The normalized spacial score (nSPS) is 25.3. The molecule has 106 valence electrons. The van der Waals surface area contributed by atoms with Gasteiger partial charge in [0.15, 0.2) is 0 Å². The second-order valence-electron chi connectivity index (χ2n) is 6.46. The second kappa shape index (κ2) is 6.62. The van der Waals surface area contributed by atoms with E-state index in [4.69, 9.17) is 0 Å². The van der Waals surface area contributed by atoms with E-state index in [1.807, 2.05) is 0 Å². The summed E-state index contributed by atoms with van der Waals surface area (Å²) >= 11 is 2.12. The molecule has 2 saturated carbocycles. The van der Waals surface area contributed by atoms with Crippen LogP contribution in [0.15, 0.2) is 0 Å². The van der Waals surface area contributed by atoms with Gasteiger partial charge in [-0.15, -0.1) is 0 Å². The van der Waals surface area contributed by atoms with Gasteiger partial charge in [0.25, 0.3) is 0 Å². The van der Waals surface area contributed by atoms with Crippen molar-refractivity contribution >= 4 is 11.8 Å². The molecule has 0 spiro atoms. The van der Waals surface area contributed by atoms with Crippen LogP contribution < -0.4 is 5.32 Å². The molecule has 0 heterocycles. The number of aliphatic hydroxyl groups is 1. The van der Waals surface area contributed by atoms with Gasteiger partial charge in [-0.3, -0.25) is 0 Å². The molecular weight excluding hydrogens is 242 g/mol. The molecule has 0 aromatic carbocycles. The third-order valence-electron chi connectivity index (χ3n) is 4.35. The summed E-state index contributed by atoms with van der Waals surface area (Å²) in [4.78, 5) is 0. The first-order valence-corrected chi connectivity index (χ1v) is 8.71. The minimum Gasteiger partial charge on any atom is -0.394 e. The monoisotopic (exact) mass is 271 g/mol. The number of thioether (sulfide) groups is 1. The molecule has 2 N–H and O–H groups in total. The maximum atomic E-state index is 9.89. The van der Waals surface area contributed by atoms with Crippen LogP contribution in [0.5, 0.6) is 0 Å². The average molecular weight is 271 g/mol. The molecule has 18 heavy (non-hydrogen) atoms. The highest BCUT2D eigenvalue weighted by atomic mass is 32.2. The minimum atomic E-state index is -0.00369. The Morgan fingerprint density at radius 1 is 1.17 bits per heavy atom. The maximum absolute atomic E-state index is 9.89. The minimum absolute atomic E-state index is 0.00369.